The molecule has 0 bridgehead atoms. The van der Waals surface area contributed by atoms with Gasteiger partial charge in [0.2, 0.25) is 0 Å². The Hall–Kier alpha value is -3.00. The molecule has 7 nitrogen and oxygen atoms in total. The highest BCUT2D eigenvalue weighted by atomic mass is 32.1. The van der Waals surface area contributed by atoms with E-state index in [1.54, 1.807) is 18.2 Å². The van der Waals surface area contributed by atoms with Gasteiger partial charge in [0.1, 0.15) is 5.76 Å². The Morgan fingerprint density at radius 3 is 2.67 bits per heavy atom. The van der Waals surface area contributed by atoms with Gasteiger partial charge >= 0.3 is 0 Å². The molecule has 0 aliphatic carbocycles. The zero-order valence-electron chi connectivity index (χ0n) is 12.9. The van der Waals surface area contributed by atoms with E-state index in [-0.39, 0.29) is 17.2 Å². The second-order valence-electron chi connectivity index (χ2n) is 5.05. The molecule has 1 N–H and O–H groups in total. The molecule has 2 heterocycles. The second-order valence-corrected chi connectivity index (χ2v) is 6.26. The summed E-state index contributed by atoms with van der Waals surface area (Å²) < 4.78 is 5.49. The van der Waals surface area contributed by atoms with Crippen LogP contribution >= 0.6 is 11.3 Å². The predicted octanol–water partition coefficient (Wildman–Crippen LogP) is 4.18. The number of nitrogens with zero attached hydrogens (tertiary/aromatic N) is 2. The van der Waals surface area contributed by atoms with Crippen LogP contribution in [0.2, 0.25) is 0 Å². The van der Waals surface area contributed by atoms with Crippen molar-refractivity contribution >= 4 is 28.1 Å². The number of furan rings is 1. The monoisotopic (exact) mass is 343 g/mol. The van der Waals surface area contributed by atoms with E-state index in [9.17, 15) is 14.9 Å². The Kier molecular flexibility index (Phi) is 4.13. The predicted molar refractivity (Wildman–Crippen MR) is 90.3 cm³/mol. The van der Waals surface area contributed by atoms with Crippen LogP contribution in [0.3, 0.4) is 0 Å². The van der Waals surface area contributed by atoms with Crippen LogP contribution in [0, 0.1) is 24.0 Å². The lowest BCUT2D eigenvalue weighted by Crippen LogP contribution is -2.10. The van der Waals surface area contributed by atoms with Gasteiger partial charge < -0.3 is 4.42 Å². The molecule has 1 aromatic carbocycles. The van der Waals surface area contributed by atoms with Gasteiger partial charge in [-0.15, -0.1) is 11.3 Å². The summed E-state index contributed by atoms with van der Waals surface area (Å²) in [7, 11) is 0. The highest BCUT2D eigenvalue weighted by Crippen LogP contribution is 2.31. The molecule has 0 saturated heterocycles. The molecule has 8 heteroatoms. The van der Waals surface area contributed by atoms with Gasteiger partial charge in [-0.2, -0.15) is 0 Å². The minimum atomic E-state index is -0.487. The van der Waals surface area contributed by atoms with Crippen LogP contribution in [0.4, 0.5) is 10.8 Å². The van der Waals surface area contributed by atoms with Crippen molar-refractivity contribution in [1.29, 1.82) is 0 Å². The third-order valence-electron chi connectivity index (χ3n) is 3.44. The van der Waals surface area contributed by atoms with Crippen molar-refractivity contribution in [3.05, 3.63) is 62.8 Å². The molecule has 2 aromatic heterocycles. The van der Waals surface area contributed by atoms with Gasteiger partial charge in [0.25, 0.3) is 11.6 Å². The maximum atomic E-state index is 12.2. The fourth-order valence-corrected chi connectivity index (χ4v) is 2.94. The summed E-state index contributed by atoms with van der Waals surface area (Å²) in [5.41, 5.74) is 1.10. The van der Waals surface area contributed by atoms with Crippen molar-refractivity contribution in [2.75, 3.05) is 5.32 Å². The van der Waals surface area contributed by atoms with E-state index < -0.39 is 10.8 Å². The highest BCUT2D eigenvalue weighted by molar-refractivity contribution is 7.15. The number of amides is 1. The number of rotatable bonds is 4. The lowest BCUT2D eigenvalue weighted by molar-refractivity contribution is -0.384. The van der Waals surface area contributed by atoms with Gasteiger partial charge in [0, 0.05) is 10.9 Å². The average molecular weight is 343 g/mol. The Balaban J connectivity index is 1.85. The molecule has 0 fully saturated rings. The molecular weight excluding hydrogens is 330 g/mol. The zero-order chi connectivity index (χ0) is 17.3. The van der Waals surface area contributed by atoms with Crippen LogP contribution < -0.4 is 5.32 Å². The Morgan fingerprint density at radius 2 is 2.00 bits per heavy atom. The van der Waals surface area contributed by atoms with Gasteiger partial charge in [-0.25, -0.2) is 4.98 Å². The van der Waals surface area contributed by atoms with E-state index in [4.69, 9.17) is 4.42 Å². The van der Waals surface area contributed by atoms with Crippen molar-refractivity contribution in [3.8, 4) is 11.3 Å². The van der Waals surface area contributed by atoms with E-state index in [0.29, 0.717) is 10.7 Å². The van der Waals surface area contributed by atoms with Crippen LogP contribution in [-0.2, 0) is 0 Å². The fraction of sp³-hybridized carbons (Fsp3) is 0.125. The van der Waals surface area contributed by atoms with Crippen LogP contribution in [-0.4, -0.2) is 15.8 Å². The summed E-state index contributed by atoms with van der Waals surface area (Å²) in [5, 5.41) is 14.2. The highest BCUT2D eigenvalue weighted by Gasteiger charge is 2.19. The Labute approximate surface area is 141 Å². The lowest BCUT2D eigenvalue weighted by Gasteiger charge is -2.00. The number of nitro benzene ring substituents is 1. The number of carbonyl (C=O) groups is 1. The molecule has 1 amide bonds. The van der Waals surface area contributed by atoms with Crippen molar-refractivity contribution in [2.45, 2.75) is 13.8 Å². The fourth-order valence-electron chi connectivity index (χ4n) is 2.13. The normalized spacial score (nSPS) is 10.6. The molecule has 0 aliphatic rings. The molecule has 0 aliphatic heterocycles. The number of nitrogens with one attached hydrogen (secondary N) is 1. The SMILES string of the molecule is Cc1nc(NC(=O)c2ccc(-c3ccccc3[N+](=O)[O-])o2)sc1C. The number of carbonyl (C=O) groups excluding carboxylic acids is 1. The quantitative estimate of drug-likeness (QED) is 0.566. The molecule has 0 saturated carbocycles. The first-order chi connectivity index (χ1) is 11.5. The molecule has 0 spiro atoms. The number of para-hydroxylation sites is 1. The zero-order valence-corrected chi connectivity index (χ0v) is 13.7. The largest absolute Gasteiger partial charge is 0.451 e. The van der Waals surface area contributed by atoms with Gasteiger partial charge in [0.05, 0.1) is 16.2 Å². The van der Waals surface area contributed by atoms with E-state index in [1.807, 2.05) is 13.8 Å². The van der Waals surface area contributed by atoms with Crippen LogP contribution in [0.15, 0.2) is 40.8 Å². The molecule has 3 aromatic rings. The molecule has 3 rings (SSSR count). The third kappa shape index (κ3) is 3.04. The van der Waals surface area contributed by atoms with Gasteiger partial charge in [-0.3, -0.25) is 20.2 Å². The molecule has 122 valence electrons. The summed E-state index contributed by atoms with van der Waals surface area (Å²) in [6.45, 7) is 3.78. The molecular formula is C16H13N3O4S. The lowest BCUT2D eigenvalue weighted by atomic mass is 10.1. The Morgan fingerprint density at radius 1 is 1.25 bits per heavy atom. The first-order valence-electron chi connectivity index (χ1n) is 7.04. The summed E-state index contributed by atoms with van der Waals surface area (Å²) in [6, 6.07) is 9.23. The van der Waals surface area contributed by atoms with Crippen molar-refractivity contribution in [3.63, 3.8) is 0 Å². The number of hydrogen-bond acceptors (Lipinski definition) is 6. The minimum absolute atomic E-state index is 0.0636. The summed E-state index contributed by atoms with van der Waals surface area (Å²) in [5.74, 6) is -0.124. The minimum Gasteiger partial charge on any atom is -0.451 e. The van der Waals surface area contributed by atoms with E-state index in [1.165, 1.54) is 29.5 Å². The first kappa shape index (κ1) is 15.9. The van der Waals surface area contributed by atoms with E-state index >= 15 is 0 Å². The molecule has 0 unspecified atom stereocenters. The van der Waals surface area contributed by atoms with Crippen LogP contribution in [0.25, 0.3) is 11.3 Å². The number of thiazole rings is 1. The number of benzene rings is 1. The molecule has 0 radical (unpaired) electrons. The number of anilines is 1. The molecule has 24 heavy (non-hydrogen) atoms. The standard InChI is InChI=1S/C16H13N3O4S/c1-9-10(2)24-16(17-9)18-15(20)14-8-7-13(23-14)11-5-3-4-6-12(11)19(21)22/h3-8H,1-2H3,(H,17,18,20). The Bertz CT molecular complexity index is 910. The maximum absolute atomic E-state index is 12.2. The number of nitro groups is 1. The van der Waals surface area contributed by atoms with E-state index in [0.717, 1.165) is 10.6 Å². The second kappa shape index (κ2) is 6.25. The summed E-state index contributed by atoms with van der Waals surface area (Å²) in [6.07, 6.45) is 0. The number of aromatic nitrogens is 1. The van der Waals surface area contributed by atoms with Crippen LogP contribution in [0.1, 0.15) is 21.1 Å². The van der Waals surface area contributed by atoms with Crippen molar-refractivity contribution < 1.29 is 14.1 Å². The van der Waals surface area contributed by atoms with Crippen molar-refractivity contribution in [2.24, 2.45) is 0 Å². The van der Waals surface area contributed by atoms with Gasteiger partial charge in [0.15, 0.2) is 10.9 Å². The maximum Gasteiger partial charge on any atom is 0.293 e. The van der Waals surface area contributed by atoms with Gasteiger partial charge in [-0.05, 0) is 32.0 Å². The molecule has 0 atom stereocenters. The van der Waals surface area contributed by atoms with E-state index in [2.05, 4.69) is 10.3 Å². The van der Waals surface area contributed by atoms with Crippen LogP contribution in [0.5, 0.6) is 0 Å². The summed E-state index contributed by atoms with van der Waals surface area (Å²) >= 11 is 1.37. The summed E-state index contributed by atoms with van der Waals surface area (Å²) in [4.78, 5) is 28.1. The smallest absolute Gasteiger partial charge is 0.293 e. The van der Waals surface area contributed by atoms with Crippen molar-refractivity contribution in [1.82, 2.24) is 4.98 Å². The number of aryl methyl sites for hydroxylation is 2. The topological polar surface area (TPSA) is 98.3 Å². The number of hydrogen-bond donors (Lipinski definition) is 1. The first-order valence-corrected chi connectivity index (χ1v) is 7.86. The average Bonchev–Trinajstić information content (AvgIpc) is 3.15. The van der Waals surface area contributed by atoms with Gasteiger partial charge in [-0.1, -0.05) is 12.1 Å². The third-order valence-corrected chi connectivity index (χ3v) is 4.43.